The van der Waals surface area contributed by atoms with Gasteiger partial charge in [0.2, 0.25) is 0 Å². The molecule has 1 amide bonds. The molecule has 0 bridgehead atoms. The molecule has 1 atom stereocenters. The Balaban J connectivity index is 1.50. The van der Waals surface area contributed by atoms with Gasteiger partial charge in [-0.25, -0.2) is 0 Å². The lowest BCUT2D eigenvalue weighted by Gasteiger charge is -2.47. The number of rotatable bonds is 10. The van der Waals surface area contributed by atoms with E-state index in [1.807, 2.05) is 89.8 Å². The van der Waals surface area contributed by atoms with Crippen LogP contribution >= 0.6 is 0 Å². The Morgan fingerprint density at radius 3 is 2.11 bits per heavy atom. The van der Waals surface area contributed by atoms with Gasteiger partial charge in [0.25, 0.3) is 5.91 Å². The van der Waals surface area contributed by atoms with Crippen molar-refractivity contribution < 1.29 is 9.90 Å². The van der Waals surface area contributed by atoms with Crippen LogP contribution in [0.1, 0.15) is 60.2 Å². The molecule has 0 aliphatic carbocycles. The van der Waals surface area contributed by atoms with Crippen molar-refractivity contribution in [1.82, 2.24) is 15.1 Å². The van der Waals surface area contributed by atoms with Crippen LogP contribution in [0.2, 0.25) is 0 Å². The van der Waals surface area contributed by atoms with Crippen LogP contribution in [0.3, 0.4) is 0 Å². The van der Waals surface area contributed by atoms with Crippen molar-refractivity contribution in [3.8, 4) is 0 Å². The van der Waals surface area contributed by atoms with Crippen LogP contribution in [0.25, 0.3) is 0 Å². The van der Waals surface area contributed by atoms with E-state index < -0.39 is 11.8 Å². The van der Waals surface area contributed by atoms with E-state index in [2.05, 4.69) is 19.2 Å². The molecule has 194 valence electrons. The van der Waals surface area contributed by atoms with Gasteiger partial charge in [0.1, 0.15) is 6.23 Å². The van der Waals surface area contributed by atoms with Crippen LogP contribution in [0, 0.1) is 5.41 Å². The van der Waals surface area contributed by atoms with Gasteiger partial charge in [0.05, 0.1) is 5.54 Å². The highest BCUT2D eigenvalue weighted by Crippen LogP contribution is 2.37. The van der Waals surface area contributed by atoms with Crippen LogP contribution in [0.4, 0.5) is 0 Å². The van der Waals surface area contributed by atoms with E-state index >= 15 is 0 Å². The summed E-state index contributed by atoms with van der Waals surface area (Å²) >= 11 is 0. The Labute approximate surface area is 220 Å². The highest BCUT2D eigenvalue weighted by molar-refractivity contribution is 5.94. The molecule has 3 N–H and O–H groups in total. The molecule has 0 radical (unpaired) electrons. The molecule has 0 spiro atoms. The van der Waals surface area contributed by atoms with Crippen molar-refractivity contribution in [1.29, 1.82) is 5.41 Å². The lowest BCUT2D eigenvalue weighted by Crippen LogP contribution is -2.63. The number of carbonyl (C=O) groups excluding carboxylic acids is 1. The van der Waals surface area contributed by atoms with E-state index in [0.29, 0.717) is 24.9 Å². The van der Waals surface area contributed by atoms with Crippen LogP contribution < -0.4 is 5.32 Å². The van der Waals surface area contributed by atoms with Crippen molar-refractivity contribution in [2.75, 3.05) is 19.6 Å². The summed E-state index contributed by atoms with van der Waals surface area (Å²) < 4.78 is 0. The molecule has 1 aliphatic rings. The first kappa shape index (κ1) is 26.4. The highest BCUT2D eigenvalue weighted by atomic mass is 16.3. The summed E-state index contributed by atoms with van der Waals surface area (Å²) in [6.07, 6.45) is 2.06. The average Bonchev–Trinajstić information content (AvgIpc) is 2.93. The second kappa shape index (κ2) is 12.1. The Morgan fingerprint density at radius 1 is 0.973 bits per heavy atom. The summed E-state index contributed by atoms with van der Waals surface area (Å²) in [6.45, 7) is 6.15. The maximum absolute atomic E-state index is 13.1. The standard InChI is InChI=1S/C31H38N4O2/c1-3-19-34(20-4-2)29(37)25-13-11-12-24(22-25)18-21-35-28(36)23-31(33-30(35)32,26-14-7-5-8-15-26)27-16-9-6-10-17-27/h5-17,22,28,36H,3-4,18-21,23H2,1-2H3,(H2,32,33). The van der Waals surface area contributed by atoms with Gasteiger partial charge in [0, 0.05) is 31.6 Å². The zero-order valence-corrected chi connectivity index (χ0v) is 21.9. The Morgan fingerprint density at radius 2 is 1.57 bits per heavy atom. The third-order valence-electron chi connectivity index (χ3n) is 7.09. The molecule has 1 saturated heterocycles. The minimum Gasteiger partial charge on any atom is -0.373 e. The first-order chi connectivity index (χ1) is 18.0. The Bertz CT molecular complexity index is 1140. The summed E-state index contributed by atoms with van der Waals surface area (Å²) in [5.41, 5.74) is 3.05. The monoisotopic (exact) mass is 498 g/mol. The number of benzene rings is 3. The predicted molar refractivity (Wildman–Crippen MR) is 148 cm³/mol. The summed E-state index contributed by atoms with van der Waals surface area (Å²) in [5, 5.41) is 23.6. The number of aliphatic hydroxyl groups excluding tert-OH is 1. The molecule has 6 heteroatoms. The summed E-state index contributed by atoms with van der Waals surface area (Å²) in [5.74, 6) is 0.254. The van der Waals surface area contributed by atoms with Crippen molar-refractivity contribution >= 4 is 11.9 Å². The maximum Gasteiger partial charge on any atom is 0.253 e. The molecule has 1 fully saturated rings. The molecule has 1 heterocycles. The maximum atomic E-state index is 13.1. The van der Waals surface area contributed by atoms with Gasteiger partial charge in [-0.05, 0) is 48.1 Å². The zero-order valence-electron chi connectivity index (χ0n) is 21.9. The highest BCUT2D eigenvalue weighted by Gasteiger charge is 2.43. The number of carbonyl (C=O) groups is 1. The van der Waals surface area contributed by atoms with Gasteiger partial charge in [-0.15, -0.1) is 0 Å². The second-order valence-corrected chi connectivity index (χ2v) is 9.73. The zero-order chi connectivity index (χ0) is 26.3. The number of nitrogens with zero attached hydrogens (tertiary/aromatic N) is 2. The number of hydrogen-bond donors (Lipinski definition) is 3. The lowest BCUT2D eigenvalue weighted by molar-refractivity contribution is 0.00618. The van der Waals surface area contributed by atoms with Gasteiger partial charge in [0.15, 0.2) is 5.96 Å². The summed E-state index contributed by atoms with van der Waals surface area (Å²) in [4.78, 5) is 16.7. The molecule has 3 aromatic rings. The molecule has 1 aliphatic heterocycles. The predicted octanol–water partition coefficient (Wildman–Crippen LogP) is 4.98. The normalized spacial score (nSPS) is 16.8. The van der Waals surface area contributed by atoms with Crippen molar-refractivity contribution in [2.45, 2.75) is 51.3 Å². The molecule has 3 aromatic carbocycles. The summed E-state index contributed by atoms with van der Waals surface area (Å²) in [7, 11) is 0. The van der Waals surface area contributed by atoms with E-state index in [1.165, 1.54) is 0 Å². The molecule has 0 saturated carbocycles. The third kappa shape index (κ3) is 5.86. The van der Waals surface area contributed by atoms with Crippen LogP contribution in [-0.4, -0.2) is 52.6 Å². The minimum atomic E-state index is -0.830. The Kier molecular flexibility index (Phi) is 8.62. The fourth-order valence-corrected chi connectivity index (χ4v) is 5.26. The van der Waals surface area contributed by atoms with E-state index in [1.54, 1.807) is 4.90 Å². The quantitative estimate of drug-likeness (QED) is 0.368. The topological polar surface area (TPSA) is 79.7 Å². The average molecular weight is 499 g/mol. The van der Waals surface area contributed by atoms with Gasteiger partial charge in [-0.3, -0.25) is 10.2 Å². The number of nitrogens with one attached hydrogen (secondary N) is 2. The molecular weight excluding hydrogens is 460 g/mol. The summed E-state index contributed by atoms with van der Waals surface area (Å²) in [6, 6.07) is 27.8. The van der Waals surface area contributed by atoms with Crippen LogP contribution in [0.15, 0.2) is 84.9 Å². The smallest absolute Gasteiger partial charge is 0.253 e. The molecule has 1 unspecified atom stereocenters. The molecule has 6 nitrogen and oxygen atoms in total. The minimum absolute atomic E-state index is 0.0634. The number of guanidine groups is 1. The van der Waals surface area contributed by atoms with Gasteiger partial charge in [-0.2, -0.15) is 0 Å². The van der Waals surface area contributed by atoms with E-state index in [-0.39, 0.29) is 11.9 Å². The molecule has 4 rings (SSSR count). The fraction of sp³-hybridized carbons (Fsp3) is 0.355. The van der Waals surface area contributed by atoms with Gasteiger partial charge in [-0.1, -0.05) is 86.6 Å². The third-order valence-corrected chi connectivity index (χ3v) is 7.09. The molecule has 0 aromatic heterocycles. The fourth-order valence-electron chi connectivity index (χ4n) is 5.26. The van der Waals surface area contributed by atoms with Crippen LogP contribution in [0.5, 0.6) is 0 Å². The lowest BCUT2D eigenvalue weighted by atomic mass is 9.78. The largest absolute Gasteiger partial charge is 0.373 e. The number of aliphatic hydroxyl groups is 1. The second-order valence-electron chi connectivity index (χ2n) is 9.73. The van der Waals surface area contributed by atoms with Crippen molar-refractivity contribution in [3.05, 3.63) is 107 Å². The SMILES string of the molecule is CCCN(CCC)C(=O)c1cccc(CCN2C(=N)NC(c3ccccc3)(c3ccccc3)CC2O)c1. The Hall–Kier alpha value is -3.64. The number of amides is 1. The van der Waals surface area contributed by atoms with Gasteiger partial charge >= 0.3 is 0 Å². The van der Waals surface area contributed by atoms with Crippen LogP contribution in [-0.2, 0) is 12.0 Å². The van der Waals surface area contributed by atoms with Gasteiger partial charge < -0.3 is 20.2 Å². The molecule has 37 heavy (non-hydrogen) atoms. The first-order valence-corrected chi connectivity index (χ1v) is 13.3. The molecular formula is C31H38N4O2. The van der Waals surface area contributed by atoms with E-state index in [4.69, 9.17) is 5.41 Å². The van der Waals surface area contributed by atoms with E-state index in [9.17, 15) is 9.90 Å². The van der Waals surface area contributed by atoms with Crippen molar-refractivity contribution in [2.24, 2.45) is 0 Å². The van der Waals surface area contributed by atoms with Crippen molar-refractivity contribution in [3.63, 3.8) is 0 Å². The van der Waals surface area contributed by atoms with E-state index in [0.717, 1.165) is 42.6 Å². The number of hydrogen-bond acceptors (Lipinski definition) is 3. The first-order valence-electron chi connectivity index (χ1n) is 13.3.